The Morgan fingerprint density at radius 2 is 1.88 bits per heavy atom. The quantitative estimate of drug-likeness (QED) is 0.665. The number of likely N-dealkylation sites (tertiary alicyclic amines) is 1. The summed E-state index contributed by atoms with van der Waals surface area (Å²) in [6, 6.07) is 0.841. The molecular weight excluding hydrogens is 306 g/mol. The van der Waals surface area contributed by atoms with Crippen molar-refractivity contribution in [2.45, 2.75) is 62.6 Å². The molecule has 4 saturated heterocycles. The van der Waals surface area contributed by atoms with Gasteiger partial charge in [-0.15, -0.1) is 0 Å². The summed E-state index contributed by atoms with van der Waals surface area (Å²) >= 11 is 0. The van der Waals surface area contributed by atoms with Crippen LogP contribution < -0.4 is 16.0 Å². The van der Waals surface area contributed by atoms with Gasteiger partial charge in [0.05, 0.1) is 5.54 Å². The van der Waals surface area contributed by atoms with Crippen LogP contribution >= 0.6 is 0 Å². The lowest BCUT2D eigenvalue weighted by atomic mass is 9.88. The van der Waals surface area contributed by atoms with Gasteiger partial charge in [0.15, 0.2) is 0 Å². The number of amides is 4. The molecule has 0 aliphatic carbocycles. The number of carbonyl (C=O) groups is 2. The van der Waals surface area contributed by atoms with Crippen LogP contribution in [0.5, 0.6) is 0 Å². The average molecular weight is 335 g/mol. The number of hydrogen-bond acceptors (Lipinski definition) is 3. The van der Waals surface area contributed by atoms with Crippen LogP contribution in [-0.4, -0.2) is 72.2 Å². The molecular formula is C17H29N5O2. The third-order valence-electron chi connectivity index (χ3n) is 6.37. The standard InChI is InChI=1S/C17H29N5O2/c23-15-18-12-17(20-15)6-10-22(11-7-17)16(24)19-13-4-3-9-21-8-2-1-5-14(13)21/h13-14H,1-12H2,(H,19,24)(H2,18,20,23). The summed E-state index contributed by atoms with van der Waals surface area (Å²) in [5.74, 6) is 0. The third-order valence-corrected chi connectivity index (χ3v) is 6.37. The number of rotatable bonds is 1. The lowest BCUT2D eigenvalue weighted by molar-refractivity contribution is 0.0754. The number of piperidine rings is 3. The molecule has 0 aromatic heterocycles. The molecule has 4 aliphatic heterocycles. The average Bonchev–Trinajstić information content (AvgIpc) is 2.96. The fourth-order valence-corrected chi connectivity index (χ4v) is 4.89. The zero-order valence-corrected chi connectivity index (χ0v) is 14.4. The number of carbonyl (C=O) groups excluding carboxylic acids is 2. The monoisotopic (exact) mass is 335 g/mol. The predicted molar refractivity (Wildman–Crippen MR) is 90.8 cm³/mol. The van der Waals surface area contributed by atoms with Gasteiger partial charge in [-0.25, -0.2) is 9.59 Å². The van der Waals surface area contributed by atoms with Gasteiger partial charge in [-0.1, -0.05) is 6.42 Å². The summed E-state index contributed by atoms with van der Waals surface area (Å²) < 4.78 is 0. The van der Waals surface area contributed by atoms with Crippen molar-refractivity contribution in [1.29, 1.82) is 0 Å². The highest BCUT2D eigenvalue weighted by atomic mass is 16.2. The first kappa shape index (κ1) is 16.0. The Kier molecular flexibility index (Phi) is 4.28. The van der Waals surface area contributed by atoms with Crippen LogP contribution in [0.3, 0.4) is 0 Å². The first-order valence-corrected chi connectivity index (χ1v) is 9.51. The molecule has 0 aromatic carbocycles. The highest BCUT2D eigenvalue weighted by Crippen LogP contribution is 2.28. The van der Waals surface area contributed by atoms with Gasteiger partial charge in [0.1, 0.15) is 0 Å². The molecule has 7 nitrogen and oxygen atoms in total. The van der Waals surface area contributed by atoms with Gasteiger partial charge in [0.2, 0.25) is 0 Å². The van der Waals surface area contributed by atoms with Crippen LogP contribution in [0, 0.1) is 0 Å². The van der Waals surface area contributed by atoms with E-state index in [-0.39, 0.29) is 17.6 Å². The van der Waals surface area contributed by atoms with E-state index in [4.69, 9.17) is 0 Å². The molecule has 4 rings (SSSR count). The Balaban J connectivity index is 1.31. The Morgan fingerprint density at radius 3 is 2.62 bits per heavy atom. The Bertz CT molecular complexity index is 501. The smallest absolute Gasteiger partial charge is 0.317 e. The molecule has 4 amide bonds. The lowest BCUT2D eigenvalue weighted by Crippen LogP contribution is -2.60. The molecule has 4 fully saturated rings. The van der Waals surface area contributed by atoms with E-state index < -0.39 is 0 Å². The van der Waals surface area contributed by atoms with E-state index in [9.17, 15) is 9.59 Å². The van der Waals surface area contributed by atoms with Gasteiger partial charge in [-0.05, 0) is 51.6 Å². The molecule has 7 heteroatoms. The number of nitrogens with zero attached hydrogens (tertiary/aromatic N) is 2. The number of hydrogen-bond donors (Lipinski definition) is 3. The maximum atomic E-state index is 12.7. The van der Waals surface area contributed by atoms with Crippen molar-refractivity contribution >= 4 is 12.1 Å². The molecule has 2 unspecified atom stereocenters. The van der Waals surface area contributed by atoms with Crippen LogP contribution in [0.25, 0.3) is 0 Å². The van der Waals surface area contributed by atoms with Crippen molar-refractivity contribution in [3.8, 4) is 0 Å². The van der Waals surface area contributed by atoms with Crippen LogP contribution in [0.15, 0.2) is 0 Å². The zero-order valence-electron chi connectivity index (χ0n) is 14.4. The van der Waals surface area contributed by atoms with Gasteiger partial charge in [0, 0.05) is 31.7 Å². The Hall–Kier alpha value is -1.50. The first-order valence-electron chi connectivity index (χ1n) is 9.51. The van der Waals surface area contributed by atoms with Gasteiger partial charge >= 0.3 is 12.1 Å². The van der Waals surface area contributed by atoms with Gasteiger partial charge in [-0.2, -0.15) is 0 Å². The fourth-order valence-electron chi connectivity index (χ4n) is 4.89. The summed E-state index contributed by atoms with van der Waals surface area (Å²) in [5, 5.41) is 9.20. The zero-order chi connectivity index (χ0) is 16.6. The van der Waals surface area contributed by atoms with Crippen molar-refractivity contribution in [3.05, 3.63) is 0 Å². The van der Waals surface area contributed by atoms with E-state index in [0.29, 0.717) is 18.6 Å². The molecule has 3 N–H and O–H groups in total. The van der Waals surface area contributed by atoms with Crippen molar-refractivity contribution < 1.29 is 9.59 Å². The maximum Gasteiger partial charge on any atom is 0.317 e. The van der Waals surface area contributed by atoms with E-state index in [1.165, 1.54) is 38.8 Å². The molecule has 0 aromatic rings. The second kappa shape index (κ2) is 6.43. The molecule has 2 atom stereocenters. The molecule has 4 aliphatic rings. The number of fused-ring (bicyclic) bond motifs is 1. The minimum atomic E-state index is -0.140. The van der Waals surface area contributed by atoms with Crippen molar-refractivity contribution in [2.24, 2.45) is 0 Å². The van der Waals surface area contributed by atoms with Gasteiger partial charge < -0.3 is 20.9 Å². The first-order chi connectivity index (χ1) is 11.7. The summed E-state index contributed by atoms with van der Waals surface area (Å²) in [7, 11) is 0. The number of nitrogens with one attached hydrogen (secondary N) is 3. The van der Waals surface area contributed by atoms with Crippen molar-refractivity contribution in [2.75, 3.05) is 32.7 Å². The van der Waals surface area contributed by atoms with Crippen LogP contribution in [0.1, 0.15) is 44.9 Å². The van der Waals surface area contributed by atoms with Crippen LogP contribution in [0.4, 0.5) is 9.59 Å². The normalized spacial score (nSPS) is 32.8. The van der Waals surface area contributed by atoms with E-state index in [2.05, 4.69) is 20.9 Å². The van der Waals surface area contributed by atoms with Crippen LogP contribution in [-0.2, 0) is 0 Å². The van der Waals surface area contributed by atoms with E-state index in [1.54, 1.807) is 0 Å². The van der Waals surface area contributed by atoms with Crippen molar-refractivity contribution in [1.82, 2.24) is 25.8 Å². The van der Waals surface area contributed by atoms with E-state index in [0.717, 1.165) is 32.4 Å². The summed E-state index contributed by atoms with van der Waals surface area (Å²) in [4.78, 5) is 28.6. The Morgan fingerprint density at radius 1 is 1.08 bits per heavy atom. The van der Waals surface area contributed by atoms with Crippen molar-refractivity contribution in [3.63, 3.8) is 0 Å². The molecule has 24 heavy (non-hydrogen) atoms. The molecule has 4 heterocycles. The highest BCUT2D eigenvalue weighted by Gasteiger charge is 2.42. The highest BCUT2D eigenvalue weighted by molar-refractivity contribution is 5.78. The predicted octanol–water partition coefficient (Wildman–Crippen LogP) is 0.860. The summed E-state index contributed by atoms with van der Waals surface area (Å²) in [6.45, 7) is 4.50. The molecule has 1 spiro atoms. The fraction of sp³-hybridized carbons (Fsp3) is 0.882. The van der Waals surface area contributed by atoms with E-state index in [1.807, 2.05) is 4.90 Å². The topological polar surface area (TPSA) is 76.7 Å². The van der Waals surface area contributed by atoms with Gasteiger partial charge in [-0.3, -0.25) is 4.90 Å². The SMILES string of the molecule is O=C1NCC2(CCN(C(=O)NC3CCCN4CCCCC34)CC2)N1. The second-order valence-electron chi connectivity index (χ2n) is 7.87. The molecule has 0 bridgehead atoms. The molecule has 134 valence electrons. The molecule has 0 saturated carbocycles. The van der Waals surface area contributed by atoms with Crippen LogP contribution in [0.2, 0.25) is 0 Å². The Labute approximate surface area is 143 Å². The minimum absolute atomic E-state index is 0.0764. The minimum Gasteiger partial charge on any atom is -0.336 e. The third kappa shape index (κ3) is 3.06. The largest absolute Gasteiger partial charge is 0.336 e. The van der Waals surface area contributed by atoms with E-state index >= 15 is 0 Å². The lowest BCUT2D eigenvalue weighted by Gasteiger charge is -2.45. The van der Waals surface area contributed by atoms with Gasteiger partial charge in [0.25, 0.3) is 0 Å². The number of urea groups is 2. The summed E-state index contributed by atoms with van der Waals surface area (Å²) in [6.07, 6.45) is 7.75. The molecule has 0 radical (unpaired) electrons. The second-order valence-corrected chi connectivity index (χ2v) is 7.87. The summed E-state index contributed by atoms with van der Waals surface area (Å²) in [5.41, 5.74) is -0.140. The maximum absolute atomic E-state index is 12.7.